The number of aliphatic hydroxyl groups is 1. The largest absolute Gasteiger partial charge is 0.472 e. The fourth-order valence-corrected chi connectivity index (χ4v) is 3.96. The van der Waals surface area contributed by atoms with Gasteiger partial charge in [0.25, 0.3) is 0 Å². The Labute approximate surface area is 199 Å². The van der Waals surface area contributed by atoms with E-state index in [1.54, 1.807) is 0 Å². The third-order valence-corrected chi connectivity index (χ3v) is 5.98. The normalized spacial score (nSPS) is 14.5. The number of carbonyl (C=O) groups is 1. The molecule has 0 radical (unpaired) electrons. The SMILES string of the molecule is CCCCCCCC/C=C\CCCCCCCC(=O)OC[C@@H](O)COP(=O)(O)OCCCl. The molecule has 0 bridgehead atoms. The van der Waals surface area contributed by atoms with Crippen molar-refractivity contribution in [2.45, 2.75) is 103 Å². The number of halogens is 1. The summed E-state index contributed by atoms with van der Waals surface area (Å²) < 4.78 is 25.5. The maximum absolute atomic E-state index is 11.7. The zero-order chi connectivity index (χ0) is 23.9. The van der Waals surface area contributed by atoms with Gasteiger partial charge in [-0.2, -0.15) is 0 Å². The van der Waals surface area contributed by atoms with E-state index in [-0.39, 0.29) is 19.1 Å². The molecule has 0 fully saturated rings. The molecule has 7 nitrogen and oxygen atoms in total. The second-order valence-corrected chi connectivity index (χ2v) is 9.79. The molecule has 0 heterocycles. The molecule has 0 amide bonds. The van der Waals surface area contributed by atoms with E-state index in [1.807, 2.05) is 0 Å². The first-order valence-corrected chi connectivity index (χ1v) is 14.1. The molecular weight excluding hydrogens is 455 g/mol. The number of esters is 1. The Balaban J connectivity index is 3.49. The third kappa shape index (κ3) is 22.8. The number of rotatable bonds is 23. The summed E-state index contributed by atoms with van der Waals surface area (Å²) in [4.78, 5) is 21.0. The Morgan fingerprint density at radius 2 is 1.47 bits per heavy atom. The number of allylic oxidation sites excluding steroid dienone is 2. The van der Waals surface area contributed by atoms with Gasteiger partial charge in [-0.1, -0.05) is 70.4 Å². The summed E-state index contributed by atoms with van der Waals surface area (Å²) in [6.45, 7) is 1.33. The van der Waals surface area contributed by atoms with Crippen molar-refractivity contribution >= 4 is 25.4 Å². The smallest absolute Gasteiger partial charge is 0.463 e. The van der Waals surface area contributed by atoms with Crippen LogP contribution in [0.2, 0.25) is 0 Å². The van der Waals surface area contributed by atoms with Gasteiger partial charge in [0.1, 0.15) is 12.7 Å². The van der Waals surface area contributed by atoms with Crippen molar-refractivity contribution in [3.8, 4) is 0 Å². The molecule has 0 aromatic heterocycles. The molecule has 0 spiro atoms. The van der Waals surface area contributed by atoms with Crippen molar-refractivity contribution in [1.82, 2.24) is 0 Å². The van der Waals surface area contributed by atoms with Gasteiger partial charge in [-0.3, -0.25) is 13.8 Å². The average molecular weight is 499 g/mol. The lowest BCUT2D eigenvalue weighted by atomic mass is 10.1. The molecule has 0 saturated heterocycles. The zero-order valence-electron chi connectivity index (χ0n) is 19.7. The van der Waals surface area contributed by atoms with Gasteiger partial charge in [0, 0.05) is 12.3 Å². The molecule has 0 aliphatic rings. The third-order valence-electron chi connectivity index (χ3n) is 4.84. The molecule has 32 heavy (non-hydrogen) atoms. The first kappa shape index (κ1) is 31.6. The molecule has 2 N–H and O–H groups in total. The van der Waals surface area contributed by atoms with Crippen LogP contribution in [-0.4, -0.2) is 47.8 Å². The first-order valence-electron chi connectivity index (χ1n) is 12.1. The Morgan fingerprint density at radius 1 is 0.906 bits per heavy atom. The molecule has 0 aliphatic carbocycles. The van der Waals surface area contributed by atoms with Gasteiger partial charge in [-0.15, -0.1) is 11.6 Å². The number of hydrogen-bond acceptors (Lipinski definition) is 6. The molecule has 0 rings (SSSR count). The van der Waals surface area contributed by atoms with E-state index in [1.165, 1.54) is 51.4 Å². The molecule has 0 aliphatic heterocycles. The quantitative estimate of drug-likeness (QED) is 0.0560. The van der Waals surface area contributed by atoms with Crippen LogP contribution in [0, 0.1) is 0 Å². The highest BCUT2D eigenvalue weighted by Gasteiger charge is 2.22. The van der Waals surface area contributed by atoms with Crippen LogP contribution < -0.4 is 0 Å². The van der Waals surface area contributed by atoms with Crippen molar-refractivity contribution in [1.29, 1.82) is 0 Å². The number of ether oxygens (including phenoxy) is 1. The Bertz CT molecular complexity index is 517. The lowest BCUT2D eigenvalue weighted by Crippen LogP contribution is -2.23. The lowest BCUT2D eigenvalue weighted by molar-refractivity contribution is -0.147. The number of alkyl halides is 1. The minimum atomic E-state index is -4.25. The van der Waals surface area contributed by atoms with Crippen molar-refractivity contribution in [3.05, 3.63) is 12.2 Å². The van der Waals surface area contributed by atoms with Crippen LogP contribution in [0.4, 0.5) is 0 Å². The summed E-state index contributed by atoms with van der Waals surface area (Å²) in [5.74, 6) is -0.350. The van der Waals surface area contributed by atoms with Crippen molar-refractivity contribution < 1.29 is 33.1 Å². The predicted molar refractivity (Wildman–Crippen MR) is 129 cm³/mol. The predicted octanol–water partition coefficient (Wildman–Crippen LogP) is 6.30. The highest BCUT2D eigenvalue weighted by Crippen LogP contribution is 2.43. The highest BCUT2D eigenvalue weighted by molar-refractivity contribution is 7.47. The van der Waals surface area contributed by atoms with Gasteiger partial charge in [-0.25, -0.2) is 4.57 Å². The summed E-state index contributed by atoms with van der Waals surface area (Å²) in [7, 11) is -4.25. The summed E-state index contributed by atoms with van der Waals surface area (Å²) in [6, 6.07) is 0. The van der Waals surface area contributed by atoms with Crippen LogP contribution >= 0.6 is 19.4 Å². The van der Waals surface area contributed by atoms with Gasteiger partial charge in [0.2, 0.25) is 0 Å². The minimum Gasteiger partial charge on any atom is -0.463 e. The fourth-order valence-electron chi connectivity index (χ4n) is 3.02. The first-order chi connectivity index (χ1) is 15.4. The number of phosphoric acid groups is 1. The monoisotopic (exact) mass is 498 g/mol. The van der Waals surface area contributed by atoms with Crippen molar-refractivity contribution in [2.24, 2.45) is 0 Å². The lowest BCUT2D eigenvalue weighted by Gasteiger charge is -2.15. The van der Waals surface area contributed by atoms with E-state index in [4.69, 9.17) is 16.3 Å². The molecule has 190 valence electrons. The molecule has 2 atom stereocenters. The second kappa shape index (κ2) is 22.4. The van der Waals surface area contributed by atoms with Gasteiger partial charge < -0.3 is 14.7 Å². The highest BCUT2D eigenvalue weighted by atomic mass is 35.5. The molecule has 0 saturated carbocycles. The summed E-state index contributed by atoms with van der Waals surface area (Å²) >= 11 is 5.35. The van der Waals surface area contributed by atoms with Gasteiger partial charge in [0.15, 0.2) is 0 Å². The fraction of sp³-hybridized carbons (Fsp3) is 0.870. The molecular formula is C23H44ClO7P. The number of hydrogen-bond donors (Lipinski definition) is 2. The number of aliphatic hydroxyl groups excluding tert-OH is 1. The van der Waals surface area contributed by atoms with Crippen LogP contribution in [-0.2, 0) is 23.1 Å². The summed E-state index contributed by atoms with van der Waals surface area (Å²) in [6.07, 6.45) is 19.2. The number of phosphoric ester groups is 1. The van der Waals surface area contributed by atoms with Crippen LogP contribution in [0.1, 0.15) is 96.8 Å². The van der Waals surface area contributed by atoms with Crippen molar-refractivity contribution in [2.75, 3.05) is 25.7 Å². The Hall–Kier alpha value is -0.430. The Kier molecular flexibility index (Phi) is 22.1. The van der Waals surface area contributed by atoms with Gasteiger partial charge in [0.05, 0.1) is 13.2 Å². The summed E-state index contributed by atoms with van der Waals surface area (Å²) in [5, 5.41) is 9.67. The van der Waals surface area contributed by atoms with Crippen LogP contribution in [0.5, 0.6) is 0 Å². The minimum absolute atomic E-state index is 0.0461. The van der Waals surface area contributed by atoms with Gasteiger partial charge >= 0.3 is 13.8 Å². The standard InChI is InChI=1S/C23H44ClO7P/c1-2-3-4-5-6-7-8-9-10-11-12-13-14-15-16-17-23(26)29-20-22(25)21-31-32(27,28)30-19-18-24/h9-10,22,25H,2-8,11-21H2,1H3,(H,27,28)/b10-9-/t22-/m1/s1. The van der Waals surface area contributed by atoms with Crippen LogP contribution in [0.3, 0.4) is 0 Å². The van der Waals surface area contributed by atoms with E-state index < -0.39 is 26.5 Å². The summed E-state index contributed by atoms with van der Waals surface area (Å²) in [5.41, 5.74) is 0. The maximum Gasteiger partial charge on any atom is 0.472 e. The van der Waals surface area contributed by atoms with E-state index in [0.29, 0.717) is 6.42 Å². The molecule has 0 aromatic carbocycles. The van der Waals surface area contributed by atoms with E-state index in [2.05, 4.69) is 28.1 Å². The maximum atomic E-state index is 11.7. The number of carbonyl (C=O) groups excluding carboxylic acids is 1. The van der Waals surface area contributed by atoms with Crippen LogP contribution in [0.15, 0.2) is 12.2 Å². The average Bonchev–Trinajstić information content (AvgIpc) is 2.77. The van der Waals surface area contributed by atoms with Gasteiger partial charge in [-0.05, 0) is 32.1 Å². The van der Waals surface area contributed by atoms with E-state index in [0.717, 1.165) is 32.1 Å². The Morgan fingerprint density at radius 3 is 2.06 bits per heavy atom. The van der Waals surface area contributed by atoms with E-state index >= 15 is 0 Å². The van der Waals surface area contributed by atoms with Crippen LogP contribution in [0.25, 0.3) is 0 Å². The zero-order valence-corrected chi connectivity index (χ0v) is 21.4. The van der Waals surface area contributed by atoms with Crippen molar-refractivity contribution in [3.63, 3.8) is 0 Å². The molecule has 9 heteroatoms. The molecule has 1 unspecified atom stereocenters. The second-order valence-electron chi connectivity index (χ2n) is 7.96. The topological polar surface area (TPSA) is 102 Å². The van der Waals surface area contributed by atoms with E-state index in [9.17, 15) is 19.4 Å². The number of unbranched alkanes of at least 4 members (excludes halogenated alkanes) is 11. The molecule has 0 aromatic rings.